The third-order valence-electron chi connectivity index (χ3n) is 2.88. The number of aromatic nitrogens is 2. The van der Waals surface area contributed by atoms with Crippen molar-refractivity contribution >= 4 is 29.0 Å². The molecule has 0 unspecified atom stereocenters. The molecule has 5 nitrogen and oxygen atoms in total. The summed E-state index contributed by atoms with van der Waals surface area (Å²) in [5.41, 5.74) is 0.414. The van der Waals surface area contributed by atoms with E-state index in [0.717, 1.165) is 4.88 Å². The summed E-state index contributed by atoms with van der Waals surface area (Å²) in [6.45, 7) is 0. The monoisotopic (exact) mass is 341 g/mol. The Kier molecular flexibility index (Phi) is 4.93. The highest BCUT2D eigenvalue weighted by molar-refractivity contribution is 7.10. The van der Waals surface area contributed by atoms with Crippen LogP contribution in [0.2, 0.25) is 0 Å². The molecule has 3 aromatic rings. The average molecular weight is 341 g/mol. The summed E-state index contributed by atoms with van der Waals surface area (Å²) >= 11 is 1.54. The Hall–Kier alpha value is -3.06. The number of ether oxygens (including phenoxy) is 1. The number of nitrogens with zero attached hydrogens (tertiary/aromatic N) is 2. The molecule has 1 aromatic carbocycles. The predicted molar refractivity (Wildman–Crippen MR) is 90.5 cm³/mol. The molecule has 0 spiro atoms. The van der Waals surface area contributed by atoms with E-state index >= 15 is 0 Å². The molecular weight excluding hydrogens is 329 g/mol. The fourth-order valence-electron chi connectivity index (χ4n) is 1.79. The minimum atomic E-state index is -0.503. The van der Waals surface area contributed by atoms with Crippen molar-refractivity contribution in [3.63, 3.8) is 0 Å². The normalized spacial score (nSPS) is 10.7. The first kappa shape index (κ1) is 15.8. The molecule has 0 atom stereocenters. The van der Waals surface area contributed by atoms with Crippen LogP contribution in [0.15, 0.2) is 60.2 Å². The molecule has 0 aliphatic rings. The van der Waals surface area contributed by atoms with E-state index in [4.69, 9.17) is 4.74 Å². The number of hydrogen-bond acceptors (Lipinski definition) is 5. The van der Waals surface area contributed by atoms with E-state index in [1.165, 1.54) is 41.9 Å². The van der Waals surface area contributed by atoms with Gasteiger partial charge in [-0.25, -0.2) is 14.4 Å². The van der Waals surface area contributed by atoms with Crippen LogP contribution >= 0.6 is 11.3 Å². The summed E-state index contributed by atoms with van der Waals surface area (Å²) in [5.74, 6) is -0.764. The highest BCUT2D eigenvalue weighted by Gasteiger charge is 2.06. The molecule has 0 bridgehead atoms. The molecule has 0 saturated carbocycles. The minimum Gasteiger partial charge on any atom is -0.421 e. The lowest BCUT2D eigenvalue weighted by atomic mass is 10.3. The molecule has 2 heterocycles. The Morgan fingerprint density at radius 1 is 1.17 bits per heavy atom. The van der Waals surface area contributed by atoms with Gasteiger partial charge in [0.15, 0.2) is 11.6 Å². The van der Waals surface area contributed by atoms with Gasteiger partial charge in [0.25, 0.3) is 0 Å². The Labute approximate surface area is 141 Å². The van der Waals surface area contributed by atoms with Crippen LogP contribution in [0.3, 0.4) is 0 Å². The Morgan fingerprint density at radius 3 is 2.67 bits per heavy atom. The van der Waals surface area contributed by atoms with E-state index in [1.807, 2.05) is 17.5 Å². The molecule has 0 radical (unpaired) electrons. The molecule has 1 amide bonds. The fraction of sp³-hybridized carbons (Fsp3) is 0. The number of anilines is 1. The van der Waals surface area contributed by atoms with Gasteiger partial charge in [0.1, 0.15) is 0 Å². The maximum atomic E-state index is 13.5. The van der Waals surface area contributed by atoms with E-state index in [0.29, 0.717) is 5.69 Å². The molecule has 0 aliphatic carbocycles. The molecule has 0 aliphatic heterocycles. The van der Waals surface area contributed by atoms with Crippen molar-refractivity contribution in [1.82, 2.24) is 9.97 Å². The standard InChI is InChI=1S/C17H12FN3O2S/c18-14-5-1-2-6-15(14)23-17-19-10-12(11-20-17)21-16(22)8-7-13-4-3-9-24-13/h1-11H,(H,21,22)/b8-7+. The van der Waals surface area contributed by atoms with E-state index in [2.05, 4.69) is 15.3 Å². The zero-order valence-corrected chi connectivity index (χ0v) is 13.2. The van der Waals surface area contributed by atoms with Gasteiger partial charge in [-0.05, 0) is 29.7 Å². The number of rotatable bonds is 5. The van der Waals surface area contributed by atoms with Crippen LogP contribution in [0.4, 0.5) is 10.1 Å². The van der Waals surface area contributed by atoms with Crippen LogP contribution in [0.5, 0.6) is 11.8 Å². The van der Waals surface area contributed by atoms with Crippen molar-refractivity contribution in [3.05, 3.63) is 70.9 Å². The highest BCUT2D eigenvalue weighted by Crippen LogP contribution is 2.21. The van der Waals surface area contributed by atoms with Crippen LogP contribution in [0, 0.1) is 5.82 Å². The molecule has 7 heteroatoms. The molecule has 24 heavy (non-hydrogen) atoms. The number of nitrogens with one attached hydrogen (secondary N) is 1. The topological polar surface area (TPSA) is 64.1 Å². The minimum absolute atomic E-state index is 0.00720. The summed E-state index contributed by atoms with van der Waals surface area (Å²) in [4.78, 5) is 20.7. The summed E-state index contributed by atoms with van der Waals surface area (Å²) in [5, 5.41) is 4.56. The summed E-state index contributed by atoms with van der Waals surface area (Å²) in [6, 6.07) is 9.77. The third-order valence-corrected chi connectivity index (χ3v) is 3.71. The van der Waals surface area contributed by atoms with E-state index in [9.17, 15) is 9.18 Å². The summed E-state index contributed by atoms with van der Waals surface area (Å²) in [6.07, 6.45) is 5.92. The second-order valence-electron chi connectivity index (χ2n) is 4.62. The number of carbonyl (C=O) groups is 1. The Balaban J connectivity index is 1.60. The summed E-state index contributed by atoms with van der Waals surface area (Å²) in [7, 11) is 0. The van der Waals surface area contributed by atoms with Gasteiger partial charge in [0.05, 0.1) is 18.1 Å². The Morgan fingerprint density at radius 2 is 1.96 bits per heavy atom. The molecular formula is C17H12FN3O2S. The lowest BCUT2D eigenvalue weighted by Crippen LogP contribution is -2.08. The third kappa shape index (κ3) is 4.23. The molecule has 0 saturated heterocycles. The first-order chi connectivity index (χ1) is 11.7. The van der Waals surface area contributed by atoms with Crippen LogP contribution < -0.4 is 10.1 Å². The van der Waals surface area contributed by atoms with Gasteiger partial charge in [-0.2, -0.15) is 0 Å². The maximum Gasteiger partial charge on any atom is 0.322 e. The van der Waals surface area contributed by atoms with Gasteiger partial charge < -0.3 is 10.1 Å². The molecule has 0 fully saturated rings. The number of benzene rings is 1. The second kappa shape index (κ2) is 7.47. The molecule has 120 valence electrons. The van der Waals surface area contributed by atoms with Gasteiger partial charge in [-0.1, -0.05) is 18.2 Å². The van der Waals surface area contributed by atoms with E-state index < -0.39 is 5.82 Å². The fourth-order valence-corrected chi connectivity index (χ4v) is 2.41. The SMILES string of the molecule is O=C(/C=C/c1cccs1)Nc1cnc(Oc2ccccc2F)nc1. The largest absolute Gasteiger partial charge is 0.421 e. The van der Waals surface area contributed by atoms with Crippen LogP contribution in [0.1, 0.15) is 4.88 Å². The maximum absolute atomic E-state index is 13.5. The van der Waals surface area contributed by atoms with E-state index in [1.54, 1.807) is 18.2 Å². The van der Waals surface area contributed by atoms with Gasteiger partial charge in [0, 0.05) is 11.0 Å². The second-order valence-corrected chi connectivity index (χ2v) is 5.60. The number of hydrogen-bond donors (Lipinski definition) is 1. The zero-order chi connectivity index (χ0) is 16.8. The number of amides is 1. The highest BCUT2D eigenvalue weighted by atomic mass is 32.1. The number of carbonyl (C=O) groups excluding carboxylic acids is 1. The van der Waals surface area contributed by atoms with Crippen molar-refractivity contribution < 1.29 is 13.9 Å². The van der Waals surface area contributed by atoms with Crippen LogP contribution in [0.25, 0.3) is 6.08 Å². The smallest absolute Gasteiger partial charge is 0.322 e. The molecule has 2 aromatic heterocycles. The van der Waals surface area contributed by atoms with Gasteiger partial charge in [-0.3, -0.25) is 4.79 Å². The average Bonchev–Trinajstić information content (AvgIpc) is 3.10. The van der Waals surface area contributed by atoms with Crippen LogP contribution in [-0.2, 0) is 4.79 Å². The predicted octanol–water partition coefficient (Wildman–Crippen LogP) is 4.12. The lowest BCUT2D eigenvalue weighted by Gasteiger charge is -2.05. The van der Waals surface area contributed by atoms with Gasteiger partial charge in [-0.15, -0.1) is 11.3 Å². The van der Waals surface area contributed by atoms with Crippen LogP contribution in [-0.4, -0.2) is 15.9 Å². The summed E-state index contributed by atoms with van der Waals surface area (Å²) < 4.78 is 18.7. The van der Waals surface area contributed by atoms with Crippen molar-refractivity contribution in [2.24, 2.45) is 0 Å². The van der Waals surface area contributed by atoms with Gasteiger partial charge in [0.2, 0.25) is 5.91 Å². The van der Waals surface area contributed by atoms with Crippen molar-refractivity contribution in [2.45, 2.75) is 0 Å². The van der Waals surface area contributed by atoms with Crippen molar-refractivity contribution in [1.29, 1.82) is 0 Å². The molecule has 1 N–H and O–H groups in total. The van der Waals surface area contributed by atoms with Crippen molar-refractivity contribution in [2.75, 3.05) is 5.32 Å². The number of para-hydroxylation sites is 1. The number of thiophene rings is 1. The lowest BCUT2D eigenvalue weighted by molar-refractivity contribution is -0.111. The first-order valence-electron chi connectivity index (χ1n) is 6.98. The first-order valence-corrected chi connectivity index (χ1v) is 7.86. The Bertz CT molecular complexity index is 849. The van der Waals surface area contributed by atoms with Gasteiger partial charge >= 0.3 is 6.01 Å². The quantitative estimate of drug-likeness (QED) is 0.709. The van der Waals surface area contributed by atoms with E-state index in [-0.39, 0.29) is 17.7 Å². The molecule has 3 rings (SSSR count). The number of halogens is 1. The zero-order valence-electron chi connectivity index (χ0n) is 12.3. The van der Waals surface area contributed by atoms with Crippen molar-refractivity contribution in [3.8, 4) is 11.8 Å².